The Hall–Kier alpha value is -1.72. The summed E-state index contributed by atoms with van der Waals surface area (Å²) in [4.78, 5) is 10.6. The van der Waals surface area contributed by atoms with Gasteiger partial charge in [-0.3, -0.25) is 5.10 Å². The van der Waals surface area contributed by atoms with Gasteiger partial charge in [0.15, 0.2) is 0 Å². The molecule has 0 saturated heterocycles. The normalized spacial score (nSPS) is 9.42. The van der Waals surface area contributed by atoms with Crippen LogP contribution in [0.5, 0.6) is 0 Å². The van der Waals surface area contributed by atoms with Gasteiger partial charge in [-0.1, -0.05) is 0 Å². The quantitative estimate of drug-likeness (QED) is 0.575. The van der Waals surface area contributed by atoms with E-state index in [-0.39, 0.29) is 0 Å². The number of nitrogens with two attached hydrogens (primary N) is 1. The molecule has 0 unspecified atom stereocenters. The molecular formula is C6H10N4O2. The molecule has 1 amide bonds. The van der Waals surface area contributed by atoms with Crippen molar-refractivity contribution in [1.82, 2.24) is 15.5 Å². The lowest BCUT2D eigenvalue weighted by Gasteiger charge is -2.00. The van der Waals surface area contributed by atoms with E-state index in [0.29, 0.717) is 12.4 Å². The number of carbonyl (C=O) groups excluding carboxylic acids is 1. The maximum absolute atomic E-state index is 10.6. The Morgan fingerprint density at radius 3 is 3.17 bits per heavy atom. The van der Waals surface area contributed by atoms with Crippen molar-refractivity contribution in [3.63, 3.8) is 0 Å². The summed E-state index contributed by atoms with van der Waals surface area (Å²) >= 11 is 0. The van der Waals surface area contributed by atoms with Gasteiger partial charge in [-0.25, -0.2) is 4.79 Å². The number of nitrogens with zero attached hydrogens (tertiary/aromatic N) is 1. The molecule has 1 aromatic rings. The summed E-state index contributed by atoms with van der Waals surface area (Å²) in [6, 6.07) is 0. The molecule has 4 N–H and O–H groups in total. The van der Waals surface area contributed by atoms with E-state index in [0.717, 1.165) is 5.56 Å². The van der Waals surface area contributed by atoms with Gasteiger partial charge in [0, 0.05) is 5.56 Å². The van der Waals surface area contributed by atoms with Gasteiger partial charge >= 0.3 is 6.09 Å². The fraction of sp³-hybridized carbons (Fsp3) is 0.333. The topological polar surface area (TPSA) is 93.0 Å². The molecular weight excluding hydrogens is 160 g/mol. The van der Waals surface area contributed by atoms with Gasteiger partial charge in [-0.2, -0.15) is 5.10 Å². The summed E-state index contributed by atoms with van der Waals surface area (Å²) in [5.41, 5.74) is 6.19. The lowest BCUT2D eigenvalue weighted by atomic mass is 10.3. The zero-order chi connectivity index (χ0) is 8.97. The van der Waals surface area contributed by atoms with E-state index in [1.165, 1.54) is 7.11 Å². The van der Waals surface area contributed by atoms with Crippen LogP contribution < -0.4 is 11.1 Å². The predicted molar refractivity (Wildman–Crippen MR) is 42.2 cm³/mol. The highest BCUT2D eigenvalue weighted by Gasteiger charge is 2.02. The van der Waals surface area contributed by atoms with Crippen molar-refractivity contribution in [1.29, 1.82) is 0 Å². The van der Waals surface area contributed by atoms with E-state index >= 15 is 0 Å². The summed E-state index contributed by atoms with van der Waals surface area (Å²) in [5, 5.41) is 8.70. The number of H-pyrrole nitrogens is 1. The smallest absolute Gasteiger partial charge is 0.407 e. The zero-order valence-corrected chi connectivity index (χ0v) is 6.63. The van der Waals surface area contributed by atoms with E-state index in [4.69, 9.17) is 5.73 Å². The molecule has 0 spiro atoms. The van der Waals surface area contributed by atoms with Crippen LogP contribution in [0.1, 0.15) is 5.56 Å². The van der Waals surface area contributed by atoms with Gasteiger partial charge in [-0.15, -0.1) is 0 Å². The van der Waals surface area contributed by atoms with Crippen LogP contribution in [0.15, 0.2) is 6.20 Å². The Morgan fingerprint density at radius 1 is 1.92 bits per heavy atom. The Labute approximate surface area is 69.1 Å². The molecule has 1 rings (SSSR count). The number of nitrogen functional groups attached to an aromatic ring is 1. The predicted octanol–water partition coefficient (Wildman–Crippen LogP) is -0.152. The molecule has 6 nitrogen and oxygen atoms in total. The van der Waals surface area contributed by atoms with Crippen LogP contribution in [-0.4, -0.2) is 23.4 Å². The summed E-state index contributed by atoms with van der Waals surface area (Å²) in [5.74, 6) is 0.450. The fourth-order valence-electron chi connectivity index (χ4n) is 0.702. The van der Waals surface area contributed by atoms with Crippen molar-refractivity contribution >= 4 is 11.9 Å². The van der Waals surface area contributed by atoms with Crippen molar-refractivity contribution < 1.29 is 9.53 Å². The molecule has 0 aliphatic rings. The molecule has 0 aliphatic carbocycles. The largest absolute Gasteiger partial charge is 0.453 e. The minimum Gasteiger partial charge on any atom is -0.453 e. The maximum Gasteiger partial charge on any atom is 0.407 e. The maximum atomic E-state index is 10.6. The summed E-state index contributed by atoms with van der Waals surface area (Å²) in [7, 11) is 1.30. The lowest BCUT2D eigenvalue weighted by molar-refractivity contribution is 0.170. The highest BCUT2D eigenvalue weighted by molar-refractivity contribution is 5.67. The Kier molecular flexibility index (Phi) is 2.52. The Bertz CT molecular complexity index is 270. The van der Waals surface area contributed by atoms with Crippen LogP contribution in [0.2, 0.25) is 0 Å². The van der Waals surface area contributed by atoms with Gasteiger partial charge in [-0.05, 0) is 0 Å². The molecule has 0 saturated carbocycles. The van der Waals surface area contributed by atoms with Crippen LogP contribution in [0.3, 0.4) is 0 Å². The molecule has 0 bridgehead atoms. The Balaban J connectivity index is 2.43. The van der Waals surface area contributed by atoms with Gasteiger partial charge in [0.1, 0.15) is 5.82 Å². The molecule has 1 aromatic heterocycles. The highest BCUT2D eigenvalue weighted by Crippen LogP contribution is 2.04. The lowest BCUT2D eigenvalue weighted by Crippen LogP contribution is -2.22. The third-order valence-electron chi connectivity index (χ3n) is 1.36. The van der Waals surface area contributed by atoms with E-state index in [1.54, 1.807) is 6.20 Å². The monoisotopic (exact) mass is 170 g/mol. The fourth-order valence-corrected chi connectivity index (χ4v) is 0.702. The summed E-state index contributed by atoms with van der Waals surface area (Å²) < 4.78 is 4.37. The molecule has 66 valence electrons. The molecule has 0 aliphatic heterocycles. The van der Waals surface area contributed by atoms with Crippen molar-refractivity contribution in [3.8, 4) is 0 Å². The van der Waals surface area contributed by atoms with Gasteiger partial charge in [0.2, 0.25) is 0 Å². The average molecular weight is 170 g/mol. The number of hydrogen-bond donors (Lipinski definition) is 3. The number of alkyl carbamates (subject to hydrolysis) is 1. The molecule has 6 heteroatoms. The van der Waals surface area contributed by atoms with E-state index < -0.39 is 6.09 Å². The first-order valence-electron chi connectivity index (χ1n) is 3.33. The first-order valence-corrected chi connectivity index (χ1v) is 3.33. The minimum atomic E-state index is -0.490. The second-order valence-corrected chi connectivity index (χ2v) is 2.15. The van der Waals surface area contributed by atoms with Crippen LogP contribution in [0, 0.1) is 0 Å². The average Bonchev–Trinajstić information content (AvgIpc) is 2.47. The molecule has 0 radical (unpaired) electrons. The second kappa shape index (κ2) is 3.61. The summed E-state index contributed by atoms with van der Waals surface area (Å²) in [6.45, 7) is 0.314. The van der Waals surface area contributed by atoms with Crippen LogP contribution in [-0.2, 0) is 11.3 Å². The van der Waals surface area contributed by atoms with Gasteiger partial charge in [0.25, 0.3) is 0 Å². The SMILES string of the molecule is COC(=O)NCc1cn[nH]c1N. The van der Waals surface area contributed by atoms with Crippen molar-refractivity contribution in [2.24, 2.45) is 0 Å². The zero-order valence-electron chi connectivity index (χ0n) is 6.63. The number of nitrogens with one attached hydrogen (secondary N) is 2. The van der Waals surface area contributed by atoms with Crippen LogP contribution >= 0.6 is 0 Å². The number of aromatic amines is 1. The van der Waals surface area contributed by atoms with E-state index in [2.05, 4.69) is 20.3 Å². The van der Waals surface area contributed by atoms with Crippen molar-refractivity contribution in [3.05, 3.63) is 11.8 Å². The number of rotatable bonds is 2. The first-order chi connectivity index (χ1) is 5.74. The number of methoxy groups -OCH3 is 1. The number of amides is 1. The van der Waals surface area contributed by atoms with Gasteiger partial charge < -0.3 is 15.8 Å². The van der Waals surface area contributed by atoms with E-state index in [1.807, 2.05) is 0 Å². The van der Waals surface area contributed by atoms with Gasteiger partial charge in [0.05, 0.1) is 19.9 Å². The number of ether oxygens (including phenoxy) is 1. The molecule has 1 heterocycles. The second-order valence-electron chi connectivity index (χ2n) is 2.15. The highest BCUT2D eigenvalue weighted by atomic mass is 16.5. The molecule has 0 fully saturated rings. The standard InChI is InChI=1S/C6H10N4O2/c1-12-6(11)8-2-4-3-9-10-5(4)7/h3H,2H2,1H3,(H,8,11)(H3,7,9,10). The third-order valence-corrected chi connectivity index (χ3v) is 1.36. The molecule has 0 atom stereocenters. The third kappa shape index (κ3) is 1.88. The minimum absolute atomic E-state index is 0.314. The number of aromatic nitrogens is 2. The molecule has 0 aromatic carbocycles. The summed E-state index contributed by atoms with van der Waals surface area (Å²) in [6.07, 6.45) is 1.06. The van der Waals surface area contributed by atoms with Crippen molar-refractivity contribution in [2.45, 2.75) is 6.54 Å². The van der Waals surface area contributed by atoms with E-state index in [9.17, 15) is 4.79 Å². The number of hydrogen-bond acceptors (Lipinski definition) is 4. The molecule has 12 heavy (non-hydrogen) atoms. The first kappa shape index (κ1) is 8.38. The van der Waals surface area contributed by atoms with Crippen LogP contribution in [0.25, 0.3) is 0 Å². The number of carbonyl (C=O) groups is 1. The number of anilines is 1. The Morgan fingerprint density at radius 2 is 2.67 bits per heavy atom. The van der Waals surface area contributed by atoms with Crippen LogP contribution in [0.4, 0.5) is 10.6 Å². The van der Waals surface area contributed by atoms with Crippen molar-refractivity contribution in [2.75, 3.05) is 12.8 Å².